The zero-order chi connectivity index (χ0) is 26.5. The standard InChI is InChI=1S/C20H24ClN5O.C8H7NO/c1-15-2-6-18(7-3-15)25-20(27)23-11-13-26-12-10-22-19(26)14-24-17-8-4-16(21)5-9-17;1-7-2-4-8(5-3-7)9-6-10/h2-9,24H,10-14H2,1H3,(H2,23,25,27);2-5H,1H3. The fraction of sp³-hybridized carbons (Fsp3) is 0.250. The number of aliphatic imine (C=N–C) groups is 2. The maximum absolute atomic E-state index is 12.0. The Kier molecular flexibility index (Phi) is 10.7. The zero-order valence-electron chi connectivity index (χ0n) is 21.0. The number of hydrogen-bond acceptors (Lipinski definition) is 6. The summed E-state index contributed by atoms with van der Waals surface area (Å²) in [5, 5.41) is 9.79. The van der Waals surface area contributed by atoms with E-state index in [1.165, 1.54) is 6.08 Å². The minimum atomic E-state index is -0.198. The highest BCUT2D eigenvalue weighted by atomic mass is 35.5. The second-order valence-corrected chi connectivity index (χ2v) is 8.87. The number of urea groups is 1. The number of rotatable bonds is 8. The molecule has 1 aliphatic heterocycles. The van der Waals surface area contributed by atoms with Crippen LogP contribution in [0.15, 0.2) is 82.8 Å². The lowest BCUT2D eigenvalue weighted by Gasteiger charge is -2.21. The molecule has 0 aromatic heterocycles. The number of amides is 2. The van der Waals surface area contributed by atoms with Crippen LogP contribution in [0.4, 0.5) is 21.9 Å². The van der Waals surface area contributed by atoms with Gasteiger partial charge in [0.05, 0.1) is 18.8 Å². The van der Waals surface area contributed by atoms with Gasteiger partial charge in [-0.05, 0) is 62.4 Å². The number of carbonyl (C=O) groups is 1. The molecule has 0 saturated carbocycles. The van der Waals surface area contributed by atoms with Crippen molar-refractivity contribution in [3.05, 3.63) is 88.9 Å². The first-order chi connectivity index (χ1) is 17.9. The van der Waals surface area contributed by atoms with Crippen molar-refractivity contribution in [2.24, 2.45) is 9.98 Å². The molecule has 3 N–H and O–H groups in total. The van der Waals surface area contributed by atoms with Crippen molar-refractivity contribution in [1.29, 1.82) is 0 Å². The van der Waals surface area contributed by atoms with Crippen molar-refractivity contribution in [1.82, 2.24) is 10.2 Å². The van der Waals surface area contributed by atoms with Gasteiger partial charge in [0.1, 0.15) is 5.84 Å². The monoisotopic (exact) mass is 518 g/mol. The van der Waals surface area contributed by atoms with Crippen LogP contribution in [0.3, 0.4) is 0 Å². The van der Waals surface area contributed by atoms with E-state index in [0.29, 0.717) is 18.8 Å². The molecule has 3 aromatic rings. The topological polar surface area (TPSA) is 98.2 Å². The highest BCUT2D eigenvalue weighted by molar-refractivity contribution is 6.30. The third-order valence-corrected chi connectivity index (χ3v) is 5.76. The fourth-order valence-electron chi connectivity index (χ4n) is 3.47. The molecular formula is C28H31ClN6O2. The average Bonchev–Trinajstić information content (AvgIpc) is 3.34. The average molecular weight is 519 g/mol. The highest BCUT2D eigenvalue weighted by Gasteiger charge is 2.16. The van der Waals surface area contributed by atoms with Gasteiger partial charge in [0.2, 0.25) is 6.08 Å². The third-order valence-electron chi connectivity index (χ3n) is 5.51. The lowest BCUT2D eigenvalue weighted by molar-refractivity contribution is 0.251. The minimum Gasteiger partial charge on any atom is -0.378 e. The van der Waals surface area contributed by atoms with Crippen molar-refractivity contribution in [2.75, 3.05) is 43.4 Å². The quantitative estimate of drug-likeness (QED) is 0.268. The molecule has 2 amide bonds. The fourth-order valence-corrected chi connectivity index (χ4v) is 3.60. The van der Waals surface area contributed by atoms with E-state index in [9.17, 15) is 9.59 Å². The zero-order valence-corrected chi connectivity index (χ0v) is 21.8. The van der Waals surface area contributed by atoms with E-state index < -0.39 is 0 Å². The van der Waals surface area contributed by atoms with Crippen LogP contribution in [0.5, 0.6) is 0 Å². The Morgan fingerprint density at radius 3 is 2.24 bits per heavy atom. The summed E-state index contributed by atoms with van der Waals surface area (Å²) in [5.74, 6) is 1.01. The highest BCUT2D eigenvalue weighted by Crippen LogP contribution is 2.14. The summed E-state index contributed by atoms with van der Waals surface area (Å²) in [4.78, 5) is 31.9. The van der Waals surface area contributed by atoms with E-state index in [2.05, 4.69) is 30.8 Å². The molecule has 0 saturated heterocycles. The largest absolute Gasteiger partial charge is 0.378 e. The van der Waals surface area contributed by atoms with Gasteiger partial charge in [-0.2, -0.15) is 4.99 Å². The van der Waals surface area contributed by atoms with Crippen LogP contribution in [-0.2, 0) is 4.79 Å². The molecule has 0 fully saturated rings. The number of aryl methyl sites for hydroxylation is 2. The SMILES string of the molecule is Cc1ccc(N=C=O)cc1.Cc1ccc(NC(=O)NCCN2CCN=C2CNc2ccc(Cl)cc2)cc1. The molecule has 4 rings (SSSR count). The van der Waals surface area contributed by atoms with Crippen LogP contribution in [-0.4, -0.2) is 55.6 Å². The van der Waals surface area contributed by atoms with Crippen LogP contribution < -0.4 is 16.0 Å². The number of benzene rings is 3. The van der Waals surface area contributed by atoms with Crippen LogP contribution >= 0.6 is 11.6 Å². The molecule has 0 unspecified atom stereocenters. The summed E-state index contributed by atoms with van der Waals surface area (Å²) >= 11 is 5.90. The van der Waals surface area contributed by atoms with E-state index in [1.54, 1.807) is 12.1 Å². The lowest BCUT2D eigenvalue weighted by atomic mass is 10.2. The summed E-state index contributed by atoms with van der Waals surface area (Å²) in [5.41, 5.74) is 4.76. The van der Waals surface area contributed by atoms with Gasteiger partial charge < -0.3 is 20.9 Å². The smallest absolute Gasteiger partial charge is 0.319 e. The Balaban J connectivity index is 0.000000319. The second kappa shape index (κ2) is 14.4. The molecule has 1 heterocycles. The Labute approximate surface area is 222 Å². The number of hydrogen-bond donors (Lipinski definition) is 3. The first-order valence-corrected chi connectivity index (χ1v) is 12.3. The van der Waals surface area contributed by atoms with Gasteiger partial charge in [-0.15, -0.1) is 0 Å². The molecular weight excluding hydrogens is 488 g/mol. The van der Waals surface area contributed by atoms with E-state index in [1.807, 2.05) is 74.5 Å². The predicted molar refractivity (Wildman–Crippen MR) is 151 cm³/mol. The first-order valence-electron chi connectivity index (χ1n) is 12.0. The molecule has 192 valence electrons. The molecule has 0 aliphatic carbocycles. The number of carbonyl (C=O) groups excluding carboxylic acids is 2. The Morgan fingerprint density at radius 2 is 1.59 bits per heavy atom. The predicted octanol–water partition coefficient (Wildman–Crippen LogP) is 5.56. The normalized spacial score (nSPS) is 12.0. The molecule has 1 aliphatic rings. The van der Waals surface area contributed by atoms with Crippen LogP contribution in [0.1, 0.15) is 11.1 Å². The number of nitrogens with one attached hydrogen (secondary N) is 3. The Morgan fingerprint density at radius 1 is 0.973 bits per heavy atom. The summed E-state index contributed by atoms with van der Waals surface area (Å²) in [6.45, 7) is 7.58. The Hall–Kier alpha value is -4.13. The van der Waals surface area contributed by atoms with Gasteiger partial charge >= 0.3 is 6.03 Å². The summed E-state index contributed by atoms with van der Waals surface area (Å²) in [7, 11) is 0. The van der Waals surface area contributed by atoms with Crippen LogP contribution in [0, 0.1) is 13.8 Å². The minimum absolute atomic E-state index is 0.198. The first kappa shape index (κ1) is 27.5. The number of anilines is 2. The van der Waals surface area contributed by atoms with E-state index in [0.717, 1.165) is 53.0 Å². The molecule has 8 nitrogen and oxygen atoms in total. The number of halogens is 1. The molecule has 0 radical (unpaired) electrons. The van der Waals surface area contributed by atoms with E-state index in [4.69, 9.17) is 11.6 Å². The lowest BCUT2D eigenvalue weighted by Crippen LogP contribution is -2.40. The molecule has 9 heteroatoms. The van der Waals surface area contributed by atoms with Crippen molar-refractivity contribution in [3.8, 4) is 0 Å². The summed E-state index contributed by atoms with van der Waals surface area (Å²) in [6.07, 6.45) is 1.48. The number of nitrogens with zero attached hydrogens (tertiary/aromatic N) is 3. The van der Waals surface area contributed by atoms with Crippen molar-refractivity contribution < 1.29 is 9.59 Å². The molecule has 0 spiro atoms. The number of amidine groups is 1. The van der Waals surface area contributed by atoms with Gasteiger partial charge in [-0.25, -0.2) is 9.59 Å². The van der Waals surface area contributed by atoms with Crippen molar-refractivity contribution in [3.63, 3.8) is 0 Å². The third kappa shape index (κ3) is 9.80. The molecule has 37 heavy (non-hydrogen) atoms. The van der Waals surface area contributed by atoms with Gasteiger partial charge in [0.25, 0.3) is 0 Å². The maximum Gasteiger partial charge on any atom is 0.319 e. The van der Waals surface area contributed by atoms with Gasteiger partial charge in [-0.3, -0.25) is 4.99 Å². The number of isocyanates is 1. The van der Waals surface area contributed by atoms with Gasteiger partial charge in [0.15, 0.2) is 0 Å². The second-order valence-electron chi connectivity index (χ2n) is 8.43. The van der Waals surface area contributed by atoms with E-state index >= 15 is 0 Å². The van der Waals surface area contributed by atoms with Gasteiger partial charge in [-0.1, -0.05) is 47.0 Å². The summed E-state index contributed by atoms with van der Waals surface area (Å²) in [6, 6.07) is 22.5. The molecule has 0 bridgehead atoms. The van der Waals surface area contributed by atoms with Crippen molar-refractivity contribution >= 4 is 46.6 Å². The van der Waals surface area contributed by atoms with Crippen molar-refractivity contribution in [2.45, 2.75) is 13.8 Å². The van der Waals surface area contributed by atoms with E-state index in [-0.39, 0.29) is 6.03 Å². The van der Waals surface area contributed by atoms with Crippen LogP contribution in [0.25, 0.3) is 0 Å². The van der Waals surface area contributed by atoms with Crippen LogP contribution in [0.2, 0.25) is 5.02 Å². The van der Waals surface area contributed by atoms with Gasteiger partial charge in [0, 0.05) is 36.0 Å². The maximum atomic E-state index is 12.0. The molecule has 3 aromatic carbocycles. The molecule has 0 atom stereocenters. The summed E-state index contributed by atoms with van der Waals surface area (Å²) < 4.78 is 0. The Bertz CT molecular complexity index is 1220.